The maximum Gasteiger partial charge on any atom is 0.0870 e. The van der Waals surface area contributed by atoms with E-state index in [1.165, 1.54) is 22.3 Å². The average Bonchev–Trinajstić information content (AvgIpc) is 2.40. The van der Waals surface area contributed by atoms with Gasteiger partial charge >= 0.3 is 0 Å². The van der Waals surface area contributed by atoms with Crippen LogP contribution < -0.4 is 5.32 Å². The fraction of sp³-hybridized carbons (Fsp3) is 0.438. The number of halogens is 1. The molecule has 0 amide bonds. The number of benzene rings is 1. The molecule has 0 atom stereocenters. The van der Waals surface area contributed by atoms with Gasteiger partial charge in [0.15, 0.2) is 0 Å². The highest BCUT2D eigenvalue weighted by Gasteiger charge is 2.10. The van der Waals surface area contributed by atoms with Gasteiger partial charge in [0.2, 0.25) is 0 Å². The van der Waals surface area contributed by atoms with Crippen molar-refractivity contribution in [1.29, 1.82) is 0 Å². The van der Waals surface area contributed by atoms with Crippen LogP contribution in [0.4, 0.5) is 5.69 Å². The van der Waals surface area contributed by atoms with E-state index in [2.05, 4.69) is 60.2 Å². The summed E-state index contributed by atoms with van der Waals surface area (Å²) in [5.74, 6) is 0. The summed E-state index contributed by atoms with van der Waals surface area (Å²) in [6.45, 7) is 7.52. The first-order chi connectivity index (χ1) is 9.17. The van der Waals surface area contributed by atoms with Crippen LogP contribution in [-0.4, -0.2) is 11.5 Å². The van der Waals surface area contributed by atoms with Crippen LogP contribution in [0.5, 0.6) is 0 Å². The van der Waals surface area contributed by atoms with Crippen LogP contribution in [0.25, 0.3) is 10.9 Å². The predicted octanol–water partition coefficient (Wildman–Crippen LogP) is 5.08. The fourth-order valence-electron chi connectivity index (χ4n) is 2.31. The molecule has 0 fully saturated rings. The van der Waals surface area contributed by atoms with Crippen molar-refractivity contribution >= 4 is 32.5 Å². The highest BCUT2D eigenvalue weighted by Crippen LogP contribution is 2.32. The van der Waals surface area contributed by atoms with Gasteiger partial charge < -0.3 is 5.32 Å². The normalized spacial score (nSPS) is 10.9. The van der Waals surface area contributed by atoms with Gasteiger partial charge in [0, 0.05) is 27.8 Å². The van der Waals surface area contributed by atoms with Crippen LogP contribution in [0, 0.1) is 6.92 Å². The molecule has 2 aromatic rings. The fourth-order valence-corrected chi connectivity index (χ4v) is 2.73. The van der Waals surface area contributed by atoms with Gasteiger partial charge in [-0.2, -0.15) is 0 Å². The van der Waals surface area contributed by atoms with E-state index in [9.17, 15) is 0 Å². The number of aromatic nitrogens is 1. The molecule has 2 nitrogen and oxygen atoms in total. The number of rotatable bonds is 5. The van der Waals surface area contributed by atoms with E-state index in [4.69, 9.17) is 4.98 Å². The maximum atomic E-state index is 4.81. The summed E-state index contributed by atoms with van der Waals surface area (Å²) in [5, 5.41) is 4.78. The Labute approximate surface area is 123 Å². The SMILES string of the molecule is CCCNc1cc(CCC)nc2c(Br)ccc(C)c12. The van der Waals surface area contributed by atoms with Crippen LogP contribution in [-0.2, 0) is 6.42 Å². The molecule has 0 aliphatic heterocycles. The van der Waals surface area contributed by atoms with Gasteiger partial charge in [0.25, 0.3) is 0 Å². The zero-order chi connectivity index (χ0) is 13.8. The number of nitrogens with one attached hydrogen (secondary N) is 1. The maximum absolute atomic E-state index is 4.81. The highest BCUT2D eigenvalue weighted by molar-refractivity contribution is 9.10. The molecule has 1 aromatic carbocycles. The van der Waals surface area contributed by atoms with Gasteiger partial charge in [-0.05, 0) is 53.4 Å². The van der Waals surface area contributed by atoms with Gasteiger partial charge in [-0.15, -0.1) is 0 Å². The number of anilines is 1. The van der Waals surface area contributed by atoms with Gasteiger partial charge in [0.1, 0.15) is 0 Å². The summed E-state index contributed by atoms with van der Waals surface area (Å²) in [6, 6.07) is 6.44. The Kier molecular flexibility index (Phi) is 4.81. The predicted molar refractivity (Wildman–Crippen MR) is 87.0 cm³/mol. The Balaban J connectivity index is 2.63. The standard InChI is InChI=1S/C16H21BrN2/c1-4-6-12-10-14(18-9-5-2)15-11(3)7-8-13(17)16(15)19-12/h7-8,10H,4-6,9H2,1-3H3,(H,18,19). The Morgan fingerprint density at radius 2 is 2.00 bits per heavy atom. The molecule has 0 aliphatic rings. The van der Waals surface area contributed by atoms with Crippen LogP contribution in [0.3, 0.4) is 0 Å². The lowest BCUT2D eigenvalue weighted by molar-refractivity contribution is 0.888. The molecule has 3 heteroatoms. The monoisotopic (exact) mass is 320 g/mol. The number of fused-ring (bicyclic) bond motifs is 1. The molecule has 1 heterocycles. The molecule has 2 rings (SSSR count). The molecule has 102 valence electrons. The molecule has 0 radical (unpaired) electrons. The second-order valence-electron chi connectivity index (χ2n) is 4.93. The third kappa shape index (κ3) is 3.08. The molecule has 1 N–H and O–H groups in total. The van der Waals surface area contributed by atoms with Crippen molar-refractivity contribution < 1.29 is 0 Å². The van der Waals surface area contributed by atoms with Crippen molar-refractivity contribution in [3.8, 4) is 0 Å². The number of pyridine rings is 1. The molecule has 19 heavy (non-hydrogen) atoms. The van der Waals surface area contributed by atoms with E-state index in [1.807, 2.05) is 0 Å². The Bertz CT molecular complexity index is 578. The summed E-state index contributed by atoms with van der Waals surface area (Å²) in [6.07, 6.45) is 3.27. The van der Waals surface area contributed by atoms with Crippen molar-refractivity contribution in [2.45, 2.75) is 40.0 Å². The lowest BCUT2D eigenvalue weighted by Crippen LogP contribution is -2.04. The van der Waals surface area contributed by atoms with Crippen LogP contribution in [0.1, 0.15) is 37.9 Å². The molecule has 0 unspecified atom stereocenters. The molecule has 0 saturated carbocycles. The Morgan fingerprint density at radius 3 is 2.68 bits per heavy atom. The minimum atomic E-state index is 0.997. The van der Waals surface area contributed by atoms with E-state index in [0.717, 1.165) is 35.8 Å². The lowest BCUT2D eigenvalue weighted by Gasteiger charge is -2.14. The minimum absolute atomic E-state index is 0.997. The van der Waals surface area contributed by atoms with Crippen molar-refractivity contribution in [2.24, 2.45) is 0 Å². The smallest absolute Gasteiger partial charge is 0.0870 e. The number of nitrogens with zero attached hydrogens (tertiary/aromatic N) is 1. The molecule has 0 saturated heterocycles. The zero-order valence-electron chi connectivity index (χ0n) is 11.9. The summed E-state index contributed by atoms with van der Waals surface area (Å²) in [4.78, 5) is 4.81. The molecular formula is C16H21BrN2. The zero-order valence-corrected chi connectivity index (χ0v) is 13.5. The first-order valence-electron chi connectivity index (χ1n) is 7.00. The van der Waals surface area contributed by atoms with Crippen molar-refractivity contribution in [1.82, 2.24) is 4.98 Å². The third-order valence-corrected chi connectivity index (χ3v) is 3.88. The van der Waals surface area contributed by atoms with Gasteiger partial charge in [0.05, 0.1) is 5.52 Å². The van der Waals surface area contributed by atoms with Crippen molar-refractivity contribution in [3.63, 3.8) is 0 Å². The van der Waals surface area contributed by atoms with E-state index < -0.39 is 0 Å². The topological polar surface area (TPSA) is 24.9 Å². The summed E-state index contributed by atoms with van der Waals surface area (Å²) < 4.78 is 1.07. The van der Waals surface area contributed by atoms with Gasteiger partial charge in [-0.1, -0.05) is 26.3 Å². The van der Waals surface area contributed by atoms with E-state index in [0.29, 0.717) is 0 Å². The van der Waals surface area contributed by atoms with Crippen molar-refractivity contribution in [2.75, 3.05) is 11.9 Å². The second-order valence-corrected chi connectivity index (χ2v) is 5.78. The number of hydrogen-bond acceptors (Lipinski definition) is 2. The quantitative estimate of drug-likeness (QED) is 0.830. The molecule has 0 bridgehead atoms. The lowest BCUT2D eigenvalue weighted by atomic mass is 10.1. The van der Waals surface area contributed by atoms with Crippen LogP contribution in [0.15, 0.2) is 22.7 Å². The Hall–Kier alpha value is -1.09. The molecular weight excluding hydrogens is 300 g/mol. The summed E-state index contributed by atoms with van der Waals surface area (Å²) in [7, 11) is 0. The van der Waals surface area contributed by atoms with Crippen LogP contribution in [0.2, 0.25) is 0 Å². The first-order valence-corrected chi connectivity index (χ1v) is 7.79. The second kappa shape index (κ2) is 6.38. The first kappa shape index (κ1) is 14.3. The third-order valence-electron chi connectivity index (χ3n) is 3.24. The van der Waals surface area contributed by atoms with Crippen molar-refractivity contribution in [3.05, 3.63) is 33.9 Å². The van der Waals surface area contributed by atoms with Crippen LogP contribution >= 0.6 is 15.9 Å². The molecule has 0 aliphatic carbocycles. The molecule has 1 aromatic heterocycles. The number of aryl methyl sites for hydroxylation is 2. The Morgan fingerprint density at radius 1 is 1.21 bits per heavy atom. The van der Waals surface area contributed by atoms with Gasteiger partial charge in [-0.3, -0.25) is 4.98 Å². The minimum Gasteiger partial charge on any atom is -0.384 e. The number of hydrogen-bond donors (Lipinski definition) is 1. The summed E-state index contributed by atoms with van der Waals surface area (Å²) >= 11 is 3.63. The summed E-state index contributed by atoms with van der Waals surface area (Å²) in [5.41, 5.74) is 4.73. The van der Waals surface area contributed by atoms with Gasteiger partial charge in [-0.25, -0.2) is 0 Å². The van der Waals surface area contributed by atoms with E-state index >= 15 is 0 Å². The van der Waals surface area contributed by atoms with E-state index in [1.54, 1.807) is 0 Å². The highest BCUT2D eigenvalue weighted by atomic mass is 79.9. The molecule has 0 spiro atoms. The average molecular weight is 321 g/mol. The largest absolute Gasteiger partial charge is 0.384 e. The van der Waals surface area contributed by atoms with E-state index in [-0.39, 0.29) is 0 Å².